The first kappa shape index (κ1) is 23.2. The van der Waals surface area contributed by atoms with Gasteiger partial charge in [-0.3, -0.25) is 0 Å². The lowest BCUT2D eigenvalue weighted by Gasteiger charge is -2.41. The van der Waals surface area contributed by atoms with Crippen molar-refractivity contribution in [3.05, 3.63) is 65.7 Å². The molecule has 2 aromatic carbocycles. The van der Waals surface area contributed by atoms with Crippen LogP contribution in [0, 0.1) is 0 Å². The standard InChI is InChI=1S/C25H32O7/c1-25(2)31-21-20(16-28-14-17-8-6-5-7-9-17)30-24(27-4)23(22(21)32-25)29-15-18-10-12-19(26-3)13-11-18/h5-13,20-24H,14-16H2,1-4H3/t20-,21+,22-,23+,24-/m1/s1. The molecule has 0 spiro atoms. The Balaban J connectivity index is 1.42. The fourth-order valence-electron chi connectivity index (χ4n) is 4.12. The van der Waals surface area contributed by atoms with Crippen molar-refractivity contribution < 1.29 is 33.2 Å². The molecule has 2 aliphatic heterocycles. The lowest BCUT2D eigenvalue weighted by molar-refractivity contribution is -0.288. The summed E-state index contributed by atoms with van der Waals surface area (Å²) in [6, 6.07) is 17.8. The second kappa shape index (κ2) is 10.3. The van der Waals surface area contributed by atoms with E-state index in [4.69, 9.17) is 33.2 Å². The van der Waals surface area contributed by atoms with E-state index in [-0.39, 0.29) is 18.3 Å². The number of benzene rings is 2. The minimum atomic E-state index is -0.749. The number of fused-ring (bicyclic) bond motifs is 1. The summed E-state index contributed by atoms with van der Waals surface area (Å²) in [5.74, 6) is 0.0537. The summed E-state index contributed by atoms with van der Waals surface area (Å²) < 4.78 is 41.7. The Labute approximate surface area is 189 Å². The van der Waals surface area contributed by atoms with Crippen molar-refractivity contribution >= 4 is 0 Å². The first-order valence-corrected chi connectivity index (χ1v) is 10.9. The third-order valence-electron chi connectivity index (χ3n) is 5.66. The predicted molar refractivity (Wildman–Crippen MR) is 117 cm³/mol. The van der Waals surface area contributed by atoms with Gasteiger partial charge in [-0.2, -0.15) is 0 Å². The largest absolute Gasteiger partial charge is 0.497 e. The van der Waals surface area contributed by atoms with Gasteiger partial charge in [-0.1, -0.05) is 42.5 Å². The van der Waals surface area contributed by atoms with Gasteiger partial charge in [-0.25, -0.2) is 0 Å². The SMILES string of the molecule is COc1ccc(CO[C@@H]2[C@H](OC)O[C@H](COCc3ccccc3)[C@@H]3OC(C)(C)O[C@@H]23)cc1. The summed E-state index contributed by atoms with van der Waals surface area (Å²) in [5.41, 5.74) is 2.12. The molecule has 0 amide bonds. The number of hydrogen-bond donors (Lipinski definition) is 0. The van der Waals surface area contributed by atoms with Crippen LogP contribution in [0.15, 0.2) is 54.6 Å². The van der Waals surface area contributed by atoms with Crippen LogP contribution in [0.2, 0.25) is 0 Å². The molecule has 2 heterocycles. The van der Waals surface area contributed by atoms with Gasteiger partial charge >= 0.3 is 0 Å². The van der Waals surface area contributed by atoms with Crippen molar-refractivity contribution in [1.29, 1.82) is 0 Å². The average Bonchev–Trinajstić information content (AvgIpc) is 3.14. The lowest BCUT2D eigenvalue weighted by atomic mass is 9.99. The first-order valence-electron chi connectivity index (χ1n) is 10.9. The molecule has 174 valence electrons. The summed E-state index contributed by atoms with van der Waals surface area (Å²) in [6.45, 7) is 5.04. The van der Waals surface area contributed by atoms with Crippen molar-refractivity contribution in [2.75, 3.05) is 20.8 Å². The number of rotatable bonds is 9. The van der Waals surface area contributed by atoms with E-state index in [2.05, 4.69) is 0 Å². The van der Waals surface area contributed by atoms with Crippen LogP contribution in [-0.4, -0.2) is 57.3 Å². The summed E-state index contributed by atoms with van der Waals surface area (Å²) in [7, 11) is 3.25. The van der Waals surface area contributed by atoms with Crippen LogP contribution >= 0.6 is 0 Å². The number of hydrogen-bond acceptors (Lipinski definition) is 7. The van der Waals surface area contributed by atoms with E-state index in [0.717, 1.165) is 16.9 Å². The van der Waals surface area contributed by atoms with Crippen molar-refractivity contribution in [3.63, 3.8) is 0 Å². The predicted octanol–water partition coefficient (Wildman–Crippen LogP) is 3.69. The maximum atomic E-state index is 6.24. The zero-order valence-corrected chi connectivity index (χ0v) is 19.1. The Morgan fingerprint density at radius 2 is 1.53 bits per heavy atom. The maximum absolute atomic E-state index is 6.24. The van der Waals surface area contributed by atoms with E-state index in [1.165, 1.54) is 0 Å². The van der Waals surface area contributed by atoms with Crippen LogP contribution in [-0.2, 0) is 41.6 Å². The van der Waals surface area contributed by atoms with Crippen molar-refractivity contribution in [1.82, 2.24) is 0 Å². The first-order chi connectivity index (χ1) is 15.5. The Bertz CT molecular complexity index is 839. The summed E-state index contributed by atoms with van der Waals surface area (Å²) >= 11 is 0. The Morgan fingerprint density at radius 3 is 2.22 bits per heavy atom. The van der Waals surface area contributed by atoms with Gasteiger partial charge in [0.2, 0.25) is 0 Å². The molecular formula is C25H32O7. The highest BCUT2D eigenvalue weighted by atomic mass is 16.8. The molecule has 32 heavy (non-hydrogen) atoms. The molecular weight excluding hydrogens is 412 g/mol. The zero-order valence-electron chi connectivity index (χ0n) is 19.1. The van der Waals surface area contributed by atoms with Gasteiger partial charge < -0.3 is 33.2 Å². The van der Waals surface area contributed by atoms with Crippen molar-refractivity contribution in [3.8, 4) is 5.75 Å². The van der Waals surface area contributed by atoms with Crippen LogP contribution < -0.4 is 4.74 Å². The fraction of sp³-hybridized carbons (Fsp3) is 0.520. The molecule has 2 saturated heterocycles. The highest BCUT2D eigenvalue weighted by Gasteiger charge is 2.56. The molecule has 0 aromatic heterocycles. The Hall–Kier alpha value is -2.00. The van der Waals surface area contributed by atoms with E-state index in [0.29, 0.717) is 19.8 Å². The lowest BCUT2D eigenvalue weighted by Crippen LogP contribution is -2.58. The van der Waals surface area contributed by atoms with Crippen molar-refractivity contribution in [2.45, 2.75) is 63.6 Å². The molecule has 0 radical (unpaired) electrons. The topological polar surface area (TPSA) is 64.6 Å². The van der Waals surface area contributed by atoms with Gasteiger partial charge in [0.1, 0.15) is 30.2 Å². The normalized spacial score (nSPS) is 28.9. The molecule has 2 aromatic rings. The summed E-state index contributed by atoms with van der Waals surface area (Å²) in [5, 5.41) is 0. The maximum Gasteiger partial charge on any atom is 0.186 e. The molecule has 0 saturated carbocycles. The second-order valence-electron chi connectivity index (χ2n) is 8.47. The minimum Gasteiger partial charge on any atom is -0.497 e. The van der Waals surface area contributed by atoms with Crippen LogP contribution in [0.3, 0.4) is 0 Å². The van der Waals surface area contributed by atoms with E-state index in [1.807, 2.05) is 68.4 Å². The molecule has 5 atom stereocenters. The molecule has 0 N–H and O–H groups in total. The fourth-order valence-corrected chi connectivity index (χ4v) is 4.12. The molecule has 0 bridgehead atoms. The van der Waals surface area contributed by atoms with Gasteiger partial charge in [0.05, 0.1) is 26.9 Å². The highest BCUT2D eigenvalue weighted by Crippen LogP contribution is 2.39. The monoisotopic (exact) mass is 444 g/mol. The number of ether oxygens (including phenoxy) is 7. The third kappa shape index (κ3) is 5.49. The van der Waals surface area contributed by atoms with Gasteiger partial charge in [0.15, 0.2) is 12.1 Å². The molecule has 2 aliphatic rings. The van der Waals surface area contributed by atoms with Crippen molar-refractivity contribution in [2.24, 2.45) is 0 Å². The van der Waals surface area contributed by atoms with Gasteiger partial charge in [-0.15, -0.1) is 0 Å². The molecule has 0 aliphatic carbocycles. The van der Waals surface area contributed by atoms with Crippen LogP contribution in [0.5, 0.6) is 5.75 Å². The van der Waals surface area contributed by atoms with Crippen LogP contribution in [0.1, 0.15) is 25.0 Å². The number of methoxy groups -OCH3 is 2. The molecule has 7 nitrogen and oxygen atoms in total. The highest BCUT2D eigenvalue weighted by molar-refractivity contribution is 5.26. The van der Waals surface area contributed by atoms with Crippen LogP contribution in [0.25, 0.3) is 0 Å². The minimum absolute atomic E-state index is 0.326. The second-order valence-corrected chi connectivity index (χ2v) is 8.47. The Morgan fingerprint density at radius 1 is 0.844 bits per heavy atom. The van der Waals surface area contributed by atoms with E-state index in [9.17, 15) is 0 Å². The van der Waals surface area contributed by atoms with E-state index < -0.39 is 18.2 Å². The van der Waals surface area contributed by atoms with Gasteiger partial charge in [-0.05, 0) is 37.1 Å². The van der Waals surface area contributed by atoms with Crippen LogP contribution in [0.4, 0.5) is 0 Å². The molecule has 0 unspecified atom stereocenters. The van der Waals surface area contributed by atoms with Gasteiger partial charge in [0.25, 0.3) is 0 Å². The van der Waals surface area contributed by atoms with E-state index in [1.54, 1.807) is 14.2 Å². The zero-order chi connectivity index (χ0) is 22.6. The van der Waals surface area contributed by atoms with Gasteiger partial charge in [0, 0.05) is 7.11 Å². The smallest absolute Gasteiger partial charge is 0.186 e. The summed E-state index contributed by atoms with van der Waals surface area (Å²) in [4.78, 5) is 0. The molecule has 4 rings (SSSR count). The average molecular weight is 445 g/mol. The summed E-state index contributed by atoms with van der Waals surface area (Å²) in [6.07, 6.45) is -2.05. The Kier molecular flexibility index (Phi) is 7.45. The third-order valence-corrected chi connectivity index (χ3v) is 5.66. The van der Waals surface area contributed by atoms with E-state index >= 15 is 0 Å². The molecule has 7 heteroatoms. The molecule has 2 fully saturated rings. The quantitative estimate of drug-likeness (QED) is 0.584.